The van der Waals surface area contributed by atoms with E-state index in [1.165, 1.54) is 28.1 Å². The van der Waals surface area contributed by atoms with Gasteiger partial charge in [0.2, 0.25) is 0 Å². The first-order chi connectivity index (χ1) is 11.2. The molecular weight excluding hydrogens is 302 g/mol. The number of rotatable bonds is 6. The van der Waals surface area contributed by atoms with E-state index in [1.54, 1.807) is 0 Å². The zero-order valence-electron chi connectivity index (χ0n) is 14.0. The molecule has 3 aromatic rings. The lowest BCUT2D eigenvalue weighted by atomic mass is 10.1. The highest BCUT2D eigenvalue weighted by Gasteiger charge is 2.10. The van der Waals surface area contributed by atoms with Crippen molar-refractivity contribution in [3.05, 3.63) is 54.5 Å². The Morgan fingerprint density at radius 1 is 1.17 bits per heavy atom. The third-order valence-electron chi connectivity index (χ3n) is 3.72. The van der Waals surface area contributed by atoms with E-state index in [2.05, 4.69) is 71.7 Å². The summed E-state index contributed by atoms with van der Waals surface area (Å²) in [6.45, 7) is 3.13. The third-order valence-corrected chi connectivity index (χ3v) is 4.92. The third kappa shape index (κ3) is 3.59. The molecule has 2 aromatic heterocycles. The number of hydrogen-bond donors (Lipinski definition) is 0. The maximum absolute atomic E-state index is 4.65. The number of benzene rings is 1. The van der Waals surface area contributed by atoms with Gasteiger partial charge in [-0.25, -0.2) is 0 Å². The minimum absolute atomic E-state index is 0.921. The number of nitrogens with zero attached hydrogens (tertiary/aromatic N) is 3. The van der Waals surface area contributed by atoms with Gasteiger partial charge in [0.15, 0.2) is 0 Å². The predicted molar refractivity (Wildman–Crippen MR) is 99.0 cm³/mol. The van der Waals surface area contributed by atoms with E-state index in [4.69, 9.17) is 0 Å². The molecule has 0 radical (unpaired) electrons. The van der Waals surface area contributed by atoms with Crippen LogP contribution >= 0.6 is 11.8 Å². The minimum atomic E-state index is 0.921. The first-order valence-electron chi connectivity index (χ1n) is 8.02. The van der Waals surface area contributed by atoms with Crippen molar-refractivity contribution >= 4 is 17.3 Å². The molecule has 0 atom stereocenters. The first-order valence-corrected chi connectivity index (χ1v) is 9.00. The van der Waals surface area contributed by atoms with Gasteiger partial charge < -0.3 is 9.30 Å². The molecule has 0 spiro atoms. The summed E-state index contributed by atoms with van der Waals surface area (Å²) in [4.78, 5) is 8.14. The maximum atomic E-state index is 4.65. The second-order valence-corrected chi connectivity index (χ2v) is 7.14. The summed E-state index contributed by atoms with van der Waals surface area (Å²) in [6.07, 6.45) is 5.13. The molecule has 2 heterocycles. The van der Waals surface area contributed by atoms with Crippen LogP contribution in [0.3, 0.4) is 0 Å². The average molecular weight is 325 g/mol. The molecule has 0 saturated carbocycles. The molecule has 0 saturated heterocycles. The Morgan fingerprint density at radius 2 is 2.04 bits per heavy atom. The fourth-order valence-corrected chi connectivity index (χ4v) is 3.55. The fraction of sp³-hybridized carbons (Fsp3) is 0.316. The number of hydrogen-bond acceptors (Lipinski definition) is 3. The van der Waals surface area contributed by atoms with Crippen molar-refractivity contribution in [3.63, 3.8) is 0 Å². The van der Waals surface area contributed by atoms with E-state index < -0.39 is 0 Å². The lowest BCUT2D eigenvalue weighted by Gasteiger charge is -2.11. The second-order valence-electron chi connectivity index (χ2n) is 5.97. The molecule has 0 aliphatic rings. The molecule has 0 N–H and O–H groups in total. The summed E-state index contributed by atoms with van der Waals surface area (Å²) < 4.78 is 2.24. The average Bonchev–Trinajstić information content (AvgIpc) is 2.95. The van der Waals surface area contributed by atoms with E-state index in [1.807, 2.05) is 24.2 Å². The van der Waals surface area contributed by atoms with Gasteiger partial charge in [-0.3, -0.25) is 4.98 Å². The van der Waals surface area contributed by atoms with Crippen molar-refractivity contribution < 1.29 is 0 Å². The van der Waals surface area contributed by atoms with Gasteiger partial charge in [0, 0.05) is 35.1 Å². The maximum Gasteiger partial charge on any atom is 0.0943 e. The van der Waals surface area contributed by atoms with Gasteiger partial charge in [0.05, 0.1) is 11.2 Å². The van der Waals surface area contributed by atoms with Gasteiger partial charge in [-0.05, 0) is 50.5 Å². The topological polar surface area (TPSA) is 20.5 Å². The quantitative estimate of drug-likeness (QED) is 0.620. The van der Waals surface area contributed by atoms with Crippen molar-refractivity contribution in [2.45, 2.75) is 24.8 Å². The standard InChI is InChI=1S/C19H23N3S/c1-4-12-23-17-7-5-6-15(13-17)19-18-9-8-16(14-21(2)3)22(18)11-10-20-19/h5-11,13H,4,12,14H2,1-3H3. The number of thioether (sulfide) groups is 1. The van der Waals surface area contributed by atoms with Gasteiger partial charge in [-0.15, -0.1) is 11.8 Å². The van der Waals surface area contributed by atoms with Crippen LogP contribution in [0.4, 0.5) is 0 Å². The zero-order valence-corrected chi connectivity index (χ0v) is 14.8. The molecule has 0 aliphatic heterocycles. The van der Waals surface area contributed by atoms with Gasteiger partial charge in [-0.2, -0.15) is 0 Å². The zero-order chi connectivity index (χ0) is 16.2. The Balaban J connectivity index is 2.01. The van der Waals surface area contributed by atoms with Crippen molar-refractivity contribution in [1.82, 2.24) is 14.3 Å². The van der Waals surface area contributed by atoms with E-state index in [0.717, 1.165) is 18.0 Å². The largest absolute Gasteiger partial charge is 0.316 e. The molecule has 0 fully saturated rings. The normalized spacial score (nSPS) is 11.5. The van der Waals surface area contributed by atoms with E-state index in [9.17, 15) is 0 Å². The van der Waals surface area contributed by atoms with Crippen LogP contribution in [0, 0.1) is 0 Å². The van der Waals surface area contributed by atoms with Crippen molar-refractivity contribution in [2.75, 3.05) is 19.8 Å². The van der Waals surface area contributed by atoms with E-state index in [-0.39, 0.29) is 0 Å². The molecule has 0 bridgehead atoms. The van der Waals surface area contributed by atoms with Crippen LogP contribution in [-0.2, 0) is 6.54 Å². The Labute approximate surface area is 142 Å². The summed E-state index contributed by atoms with van der Waals surface area (Å²) in [5, 5.41) is 0. The Bertz CT molecular complexity index is 792. The highest BCUT2D eigenvalue weighted by atomic mass is 32.2. The summed E-state index contributed by atoms with van der Waals surface area (Å²) in [5.41, 5.74) is 4.69. The SMILES string of the molecule is CCCSc1cccc(-c2nccn3c(CN(C)C)ccc23)c1. The lowest BCUT2D eigenvalue weighted by Crippen LogP contribution is -2.12. The van der Waals surface area contributed by atoms with Crippen molar-refractivity contribution in [2.24, 2.45) is 0 Å². The number of aromatic nitrogens is 2. The molecule has 0 amide bonds. The van der Waals surface area contributed by atoms with Crippen LogP contribution in [0.15, 0.2) is 53.7 Å². The monoisotopic (exact) mass is 325 g/mol. The summed E-state index contributed by atoms with van der Waals surface area (Å²) in [7, 11) is 4.19. The van der Waals surface area contributed by atoms with Crippen LogP contribution in [-0.4, -0.2) is 34.1 Å². The molecule has 1 aromatic carbocycles. The lowest BCUT2D eigenvalue weighted by molar-refractivity contribution is 0.395. The van der Waals surface area contributed by atoms with Crippen molar-refractivity contribution in [1.29, 1.82) is 0 Å². The molecule has 120 valence electrons. The summed E-state index contributed by atoms with van der Waals surface area (Å²) in [5.74, 6) is 1.15. The number of fused-ring (bicyclic) bond motifs is 1. The van der Waals surface area contributed by atoms with Crippen LogP contribution in [0.25, 0.3) is 16.8 Å². The minimum Gasteiger partial charge on any atom is -0.316 e. The molecule has 3 nitrogen and oxygen atoms in total. The van der Waals surface area contributed by atoms with Gasteiger partial charge >= 0.3 is 0 Å². The van der Waals surface area contributed by atoms with Crippen LogP contribution in [0.5, 0.6) is 0 Å². The molecule has 4 heteroatoms. The second kappa shape index (κ2) is 7.20. The molecule has 0 aliphatic carbocycles. The van der Waals surface area contributed by atoms with Gasteiger partial charge in [0.25, 0.3) is 0 Å². The fourth-order valence-electron chi connectivity index (χ4n) is 2.73. The van der Waals surface area contributed by atoms with Crippen LogP contribution < -0.4 is 0 Å². The molecule has 23 heavy (non-hydrogen) atoms. The summed E-state index contributed by atoms with van der Waals surface area (Å²) >= 11 is 1.91. The molecule has 0 unspecified atom stereocenters. The predicted octanol–water partition coefficient (Wildman–Crippen LogP) is 4.57. The van der Waals surface area contributed by atoms with Gasteiger partial charge in [-0.1, -0.05) is 19.1 Å². The smallest absolute Gasteiger partial charge is 0.0943 e. The molecule has 3 rings (SSSR count). The van der Waals surface area contributed by atoms with Gasteiger partial charge in [0.1, 0.15) is 0 Å². The highest BCUT2D eigenvalue weighted by molar-refractivity contribution is 7.99. The van der Waals surface area contributed by atoms with E-state index >= 15 is 0 Å². The Hall–Kier alpha value is -1.78. The van der Waals surface area contributed by atoms with Crippen LogP contribution in [0.2, 0.25) is 0 Å². The highest BCUT2D eigenvalue weighted by Crippen LogP contribution is 2.28. The summed E-state index contributed by atoms with van der Waals surface area (Å²) in [6, 6.07) is 13.1. The van der Waals surface area contributed by atoms with Crippen molar-refractivity contribution in [3.8, 4) is 11.3 Å². The van der Waals surface area contributed by atoms with E-state index in [0.29, 0.717) is 0 Å². The van der Waals surface area contributed by atoms with Crippen LogP contribution in [0.1, 0.15) is 19.0 Å². The molecular formula is C19H23N3S. The first kappa shape index (κ1) is 16.1. The Kier molecular flexibility index (Phi) is 5.03. The Morgan fingerprint density at radius 3 is 2.83 bits per heavy atom.